The van der Waals surface area contributed by atoms with Crippen LogP contribution in [0.5, 0.6) is 0 Å². The van der Waals surface area contributed by atoms with Crippen LogP contribution in [-0.2, 0) is 9.59 Å². The zero-order valence-electron chi connectivity index (χ0n) is 12.3. The summed E-state index contributed by atoms with van der Waals surface area (Å²) in [7, 11) is 0. The molecule has 0 aromatic heterocycles. The molecule has 112 valence electrons. The highest BCUT2D eigenvalue weighted by Gasteiger charge is 2.50. The van der Waals surface area contributed by atoms with Gasteiger partial charge in [0.1, 0.15) is 0 Å². The van der Waals surface area contributed by atoms with Crippen LogP contribution in [0.4, 0.5) is 0 Å². The highest BCUT2D eigenvalue weighted by atomic mass is 16.4. The third kappa shape index (κ3) is 2.33. The van der Waals surface area contributed by atoms with Gasteiger partial charge in [-0.1, -0.05) is 0 Å². The molecule has 1 amide bonds. The van der Waals surface area contributed by atoms with Crippen LogP contribution in [0, 0.1) is 35.5 Å². The molecule has 4 bridgehead atoms. The third-order valence-electron chi connectivity index (χ3n) is 6.04. The zero-order chi connectivity index (χ0) is 14.4. The van der Waals surface area contributed by atoms with Gasteiger partial charge in [-0.2, -0.15) is 0 Å². The first-order chi connectivity index (χ1) is 9.45. The first kappa shape index (κ1) is 13.9. The summed E-state index contributed by atoms with van der Waals surface area (Å²) in [6.45, 7) is 3.46. The average molecular weight is 279 g/mol. The number of amides is 1. The van der Waals surface area contributed by atoms with Crippen molar-refractivity contribution in [2.24, 2.45) is 35.5 Å². The number of carboxylic acids is 1. The fourth-order valence-electron chi connectivity index (χ4n) is 5.01. The van der Waals surface area contributed by atoms with Crippen molar-refractivity contribution in [3.63, 3.8) is 0 Å². The number of aliphatic carboxylic acids is 1. The second-order valence-corrected chi connectivity index (χ2v) is 7.38. The molecule has 2 N–H and O–H groups in total. The van der Waals surface area contributed by atoms with Gasteiger partial charge in [0, 0.05) is 12.0 Å². The second kappa shape index (κ2) is 5.05. The van der Waals surface area contributed by atoms with Crippen LogP contribution < -0.4 is 5.32 Å². The lowest BCUT2D eigenvalue weighted by Gasteiger charge is -2.53. The number of carboxylic acid groups (broad SMARTS) is 1. The maximum Gasteiger partial charge on any atom is 0.308 e. The summed E-state index contributed by atoms with van der Waals surface area (Å²) >= 11 is 0. The Morgan fingerprint density at radius 1 is 1.00 bits per heavy atom. The molecule has 0 aliphatic heterocycles. The van der Waals surface area contributed by atoms with E-state index in [1.807, 2.05) is 0 Å². The predicted molar refractivity (Wildman–Crippen MR) is 74.9 cm³/mol. The van der Waals surface area contributed by atoms with Crippen LogP contribution in [0.15, 0.2) is 0 Å². The van der Waals surface area contributed by atoms with E-state index in [0.29, 0.717) is 11.8 Å². The molecule has 4 aliphatic carbocycles. The van der Waals surface area contributed by atoms with Crippen LogP contribution in [0.3, 0.4) is 0 Å². The predicted octanol–water partition coefficient (Wildman–Crippen LogP) is 2.28. The van der Waals surface area contributed by atoms with Gasteiger partial charge in [-0.3, -0.25) is 9.59 Å². The molecule has 0 spiro atoms. The van der Waals surface area contributed by atoms with E-state index in [1.165, 1.54) is 32.1 Å². The molecule has 2 atom stereocenters. The van der Waals surface area contributed by atoms with Crippen molar-refractivity contribution in [3.05, 3.63) is 0 Å². The first-order valence-corrected chi connectivity index (χ1v) is 7.99. The minimum absolute atomic E-state index is 0.111. The lowest BCUT2D eigenvalue weighted by atomic mass is 9.51. The smallest absolute Gasteiger partial charge is 0.308 e. The normalized spacial score (nSPS) is 41.2. The molecule has 20 heavy (non-hydrogen) atoms. The van der Waals surface area contributed by atoms with Crippen molar-refractivity contribution < 1.29 is 14.7 Å². The van der Waals surface area contributed by atoms with Gasteiger partial charge in [0.2, 0.25) is 5.91 Å². The van der Waals surface area contributed by atoms with E-state index in [0.717, 1.165) is 11.8 Å². The van der Waals surface area contributed by atoms with Crippen LogP contribution in [-0.4, -0.2) is 23.0 Å². The summed E-state index contributed by atoms with van der Waals surface area (Å²) in [4.78, 5) is 23.6. The molecule has 0 saturated heterocycles. The van der Waals surface area contributed by atoms with E-state index in [9.17, 15) is 9.59 Å². The molecule has 0 aromatic rings. The standard InChI is InChI=1S/C16H25NO3/c1-8(16(19)20)9(2)17-15(18)14-12-4-10-3-11(6-12)7-13(14)5-10/h8-14H,3-7H2,1-2H3,(H,17,18)(H,19,20). The number of rotatable bonds is 4. The van der Waals surface area contributed by atoms with E-state index < -0.39 is 11.9 Å². The molecule has 4 aliphatic rings. The second-order valence-electron chi connectivity index (χ2n) is 7.38. The highest BCUT2D eigenvalue weighted by molar-refractivity contribution is 5.81. The Morgan fingerprint density at radius 3 is 1.95 bits per heavy atom. The van der Waals surface area contributed by atoms with Crippen LogP contribution >= 0.6 is 0 Å². The summed E-state index contributed by atoms with van der Waals surface area (Å²) in [6, 6.07) is -0.294. The van der Waals surface area contributed by atoms with E-state index in [4.69, 9.17) is 5.11 Å². The quantitative estimate of drug-likeness (QED) is 0.829. The van der Waals surface area contributed by atoms with Crippen molar-refractivity contribution in [2.75, 3.05) is 0 Å². The minimum Gasteiger partial charge on any atom is -0.481 e. The molecule has 2 unspecified atom stereocenters. The maximum atomic E-state index is 12.6. The molecule has 4 rings (SSSR count). The average Bonchev–Trinajstić information content (AvgIpc) is 2.36. The van der Waals surface area contributed by atoms with Gasteiger partial charge in [0.25, 0.3) is 0 Å². The van der Waals surface area contributed by atoms with Gasteiger partial charge in [-0.25, -0.2) is 0 Å². The van der Waals surface area contributed by atoms with E-state index in [-0.39, 0.29) is 17.9 Å². The van der Waals surface area contributed by atoms with Crippen molar-refractivity contribution in [3.8, 4) is 0 Å². The van der Waals surface area contributed by atoms with Gasteiger partial charge in [0.05, 0.1) is 5.92 Å². The molecular formula is C16H25NO3. The molecule has 4 nitrogen and oxygen atoms in total. The Morgan fingerprint density at radius 2 is 1.50 bits per heavy atom. The summed E-state index contributed by atoms with van der Waals surface area (Å²) in [5.74, 6) is 1.70. The molecule has 4 fully saturated rings. The lowest BCUT2D eigenvalue weighted by molar-refractivity contribution is -0.143. The number of hydrogen-bond acceptors (Lipinski definition) is 2. The van der Waals surface area contributed by atoms with E-state index in [2.05, 4.69) is 5.32 Å². The molecule has 4 heteroatoms. The third-order valence-corrected chi connectivity index (χ3v) is 6.04. The van der Waals surface area contributed by atoms with Crippen molar-refractivity contribution in [2.45, 2.75) is 52.0 Å². The number of nitrogens with one attached hydrogen (secondary N) is 1. The summed E-state index contributed by atoms with van der Waals surface area (Å²) in [5.41, 5.74) is 0. The molecule has 0 aromatic carbocycles. The fraction of sp³-hybridized carbons (Fsp3) is 0.875. The van der Waals surface area contributed by atoms with E-state index >= 15 is 0 Å². The van der Waals surface area contributed by atoms with Crippen molar-refractivity contribution >= 4 is 11.9 Å². The first-order valence-electron chi connectivity index (χ1n) is 7.99. The van der Waals surface area contributed by atoms with Gasteiger partial charge >= 0.3 is 5.97 Å². The lowest BCUT2D eigenvalue weighted by Crippen LogP contribution is -2.53. The monoisotopic (exact) mass is 279 g/mol. The van der Waals surface area contributed by atoms with Gasteiger partial charge in [-0.05, 0) is 69.6 Å². The van der Waals surface area contributed by atoms with Crippen LogP contribution in [0.1, 0.15) is 46.0 Å². The van der Waals surface area contributed by atoms with Gasteiger partial charge < -0.3 is 10.4 Å². The van der Waals surface area contributed by atoms with Crippen LogP contribution in [0.2, 0.25) is 0 Å². The number of carbonyl (C=O) groups excluding carboxylic acids is 1. The Kier molecular flexibility index (Phi) is 3.51. The topological polar surface area (TPSA) is 66.4 Å². The Hall–Kier alpha value is -1.06. The number of carbonyl (C=O) groups is 2. The Balaban J connectivity index is 1.64. The van der Waals surface area contributed by atoms with Crippen LogP contribution in [0.25, 0.3) is 0 Å². The fourth-order valence-corrected chi connectivity index (χ4v) is 5.01. The Bertz CT molecular complexity index is 392. The molecule has 0 radical (unpaired) electrons. The molecule has 0 heterocycles. The number of hydrogen-bond donors (Lipinski definition) is 2. The minimum atomic E-state index is -0.845. The van der Waals surface area contributed by atoms with E-state index in [1.54, 1.807) is 13.8 Å². The molecular weight excluding hydrogens is 254 g/mol. The molecule has 4 saturated carbocycles. The SMILES string of the molecule is CC(NC(=O)C1C2CC3CC(C2)CC1C3)C(C)C(=O)O. The summed E-state index contributed by atoms with van der Waals surface area (Å²) in [6.07, 6.45) is 6.25. The van der Waals surface area contributed by atoms with Gasteiger partial charge in [0.15, 0.2) is 0 Å². The van der Waals surface area contributed by atoms with Crippen molar-refractivity contribution in [1.29, 1.82) is 0 Å². The highest BCUT2D eigenvalue weighted by Crippen LogP contribution is 2.56. The summed E-state index contributed by atoms with van der Waals surface area (Å²) < 4.78 is 0. The van der Waals surface area contributed by atoms with Crippen molar-refractivity contribution in [1.82, 2.24) is 5.32 Å². The largest absolute Gasteiger partial charge is 0.481 e. The van der Waals surface area contributed by atoms with Gasteiger partial charge in [-0.15, -0.1) is 0 Å². The maximum absolute atomic E-state index is 12.6. The summed E-state index contributed by atoms with van der Waals surface area (Å²) in [5, 5.41) is 12.0. The Labute approximate surface area is 120 Å². The zero-order valence-corrected chi connectivity index (χ0v) is 12.3.